The van der Waals surface area contributed by atoms with Crippen molar-refractivity contribution in [1.82, 2.24) is 19.5 Å². The number of carbonyl (C=O) groups excluding carboxylic acids is 1. The van der Waals surface area contributed by atoms with Gasteiger partial charge in [0.15, 0.2) is 5.65 Å². The second-order valence-electron chi connectivity index (χ2n) is 6.40. The summed E-state index contributed by atoms with van der Waals surface area (Å²) in [7, 11) is 0. The molecule has 2 aromatic heterocycles. The molecule has 1 saturated heterocycles. The largest absolute Gasteiger partial charge is 0.338 e. The van der Waals surface area contributed by atoms with E-state index in [2.05, 4.69) is 28.3 Å². The molecule has 5 nitrogen and oxygen atoms in total. The fourth-order valence-corrected chi connectivity index (χ4v) is 3.21. The van der Waals surface area contributed by atoms with E-state index in [1.165, 1.54) is 11.1 Å². The van der Waals surface area contributed by atoms with Crippen molar-refractivity contribution in [2.24, 2.45) is 0 Å². The number of aromatic nitrogens is 3. The topological polar surface area (TPSA) is 50.5 Å². The third kappa shape index (κ3) is 3.18. The lowest BCUT2D eigenvalue weighted by Gasteiger charge is -2.28. The van der Waals surface area contributed by atoms with Gasteiger partial charge in [-0.25, -0.2) is 9.50 Å². The normalized spacial score (nSPS) is 14.8. The molecule has 3 heterocycles. The maximum atomic E-state index is 12.9. The van der Waals surface area contributed by atoms with Crippen molar-refractivity contribution < 1.29 is 4.79 Å². The Morgan fingerprint density at radius 1 is 1.12 bits per heavy atom. The lowest BCUT2D eigenvalue weighted by molar-refractivity contribution is 0.0745. The lowest BCUT2D eigenvalue weighted by atomic mass is 10.0. The molecule has 5 heteroatoms. The van der Waals surface area contributed by atoms with Gasteiger partial charge in [0.1, 0.15) is 5.56 Å². The zero-order valence-electron chi connectivity index (χ0n) is 14.2. The molecule has 1 amide bonds. The Morgan fingerprint density at radius 2 is 1.88 bits per heavy atom. The Hall–Kier alpha value is -2.95. The van der Waals surface area contributed by atoms with Gasteiger partial charge in [-0.2, -0.15) is 5.10 Å². The molecule has 1 aliphatic rings. The molecule has 1 aromatic carbocycles. The van der Waals surface area contributed by atoms with Gasteiger partial charge >= 0.3 is 0 Å². The van der Waals surface area contributed by atoms with Crippen LogP contribution in [-0.4, -0.2) is 38.5 Å². The van der Waals surface area contributed by atoms with Crippen LogP contribution in [0.4, 0.5) is 0 Å². The van der Waals surface area contributed by atoms with Crippen molar-refractivity contribution in [2.75, 3.05) is 13.1 Å². The van der Waals surface area contributed by atoms with E-state index >= 15 is 0 Å². The summed E-state index contributed by atoms with van der Waals surface area (Å²) < 4.78 is 1.66. The summed E-state index contributed by atoms with van der Waals surface area (Å²) in [6.45, 7) is 3.39. The minimum Gasteiger partial charge on any atom is -0.338 e. The number of benzene rings is 1. The van der Waals surface area contributed by atoms with Gasteiger partial charge in [0, 0.05) is 25.0 Å². The van der Waals surface area contributed by atoms with E-state index in [0.717, 1.165) is 31.6 Å². The summed E-state index contributed by atoms with van der Waals surface area (Å²) >= 11 is 0. The predicted octanol–water partition coefficient (Wildman–Crippen LogP) is 3.36. The van der Waals surface area contributed by atoms with Gasteiger partial charge < -0.3 is 4.90 Å². The molecule has 0 radical (unpaired) electrons. The van der Waals surface area contributed by atoms with Gasteiger partial charge in [-0.3, -0.25) is 4.79 Å². The SMILES string of the molecule is Cc1ccn2ncc(C(=O)N3CCC(=Cc4ccccc4)CC3)c2n1. The highest BCUT2D eigenvalue weighted by Gasteiger charge is 2.23. The highest BCUT2D eigenvalue weighted by Crippen LogP contribution is 2.22. The summed E-state index contributed by atoms with van der Waals surface area (Å²) in [5.74, 6) is 0.0202. The van der Waals surface area contributed by atoms with Crippen LogP contribution in [0.15, 0.2) is 54.4 Å². The first kappa shape index (κ1) is 15.6. The fraction of sp³-hybridized carbons (Fsp3) is 0.250. The lowest BCUT2D eigenvalue weighted by Crippen LogP contribution is -2.36. The number of fused-ring (bicyclic) bond motifs is 1. The highest BCUT2D eigenvalue weighted by atomic mass is 16.2. The van der Waals surface area contributed by atoms with E-state index in [0.29, 0.717) is 11.2 Å². The van der Waals surface area contributed by atoms with Crippen LogP contribution in [0.25, 0.3) is 11.7 Å². The first-order valence-electron chi connectivity index (χ1n) is 8.55. The Balaban J connectivity index is 1.49. The third-order valence-corrected chi connectivity index (χ3v) is 4.60. The Morgan fingerprint density at radius 3 is 2.64 bits per heavy atom. The van der Waals surface area contributed by atoms with Crippen molar-refractivity contribution in [2.45, 2.75) is 19.8 Å². The number of rotatable bonds is 2. The van der Waals surface area contributed by atoms with E-state index in [4.69, 9.17) is 0 Å². The van der Waals surface area contributed by atoms with Gasteiger partial charge in [0.25, 0.3) is 5.91 Å². The van der Waals surface area contributed by atoms with Gasteiger partial charge in [-0.05, 0) is 31.4 Å². The molecule has 126 valence electrons. The van der Waals surface area contributed by atoms with E-state index in [1.54, 1.807) is 10.7 Å². The van der Waals surface area contributed by atoms with Crippen molar-refractivity contribution >= 4 is 17.6 Å². The predicted molar refractivity (Wildman–Crippen MR) is 97.3 cm³/mol. The van der Waals surface area contributed by atoms with Crippen LogP contribution < -0.4 is 0 Å². The van der Waals surface area contributed by atoms with Crippen LogP contribution in [0, 0.1) is 6.92 Å². The summed E-state index contributed by atoms with van der Waals surface area (Å²) in [6.07, 6.45) is 7.52. The van der Waals surface area contributed by atoms with E-state index in [9.17, 15) is 4.79 Å². The zero-order chi connectivity index (χ0) is 17.2. The summed E-state index contributed by atoms with van der Waals surface area (Å²) in [5.41, 5.74) is 4.72. The van der Waals surface area contributed by atoms with Gasteiger partial charge in [0.2, 0.25) is 0 Å². The highest BCUT2D eigenvalue weighted by molar-refractivity contribution is 5.99. The number of hydrogen-bond acceptors (Lipinski definition) is 3. The fourth-order valence-electron chi connectivity index (χ4n) is 3.21. The number of carbonyl (C=O) groups is 1. The van der Waals surface area contributed by atoms with E-state index < -0.39 is 0 Å². The first-order chi connectivity index (χ1) is 12.2. The molecular weight excluding hydrogens is 312 g/mol. The summed E-state index contributed by atoms with van der Waals surface area (Å²) in [4.78, 5) is 19.2. The minimum absolute atomic E-state index is 0.0202. The third-order valence-electron chi connectivity index (χ3n) is 4.60. The van der Waals surface area contributed by atoms with E-state index in [-0.39, 0.29) is 5.91 Å². The summed E-state index contributed by atoms with van der Waals surface area (Å²) in [6, 6.07) is 12.2. The average Bonchev–Trinajstić information content (AvgIpc) is 3.05. The molecule has 0 atom stereocenters. The van der Waals surface area contributed by atoms with Gasteiger partial charge in [0.05, 0.1) is 6.20 Å². The number of aryl methyl sites for hydroxylation is 1. The Kier molecular flexibility index (Phi) is 4.06. The number of likely N-dealkylation sites (tertiary alicyclic amines) is 1. The Labute approximate surface area is 146 Å². The molecule has 1 fully saturated rings. The monoisotopic (exact) mass is 332 g/mol. The smallest absolute Gasteiger partial charge is 0.259 e. The minimum atomic E-state index is 0.0202. The molecule has 3 aromatic rings. The molecule has 0 saturated carbocycles. The van der Waals surface area contributed by atoms with Crippen LogP contribution in [0.5, 0.6) is 0 Å². The second kappa shape index (κ2) is 6.51. The van der Waals surface area contributed by atoms with Crippen LogP contribution in [0.2, 0.25) is 0 Å². The molecule has 0 aliphatic carbocycles. The van der Waals surface area contributed by atoms with Crippen LogP contribution in [-0.2, 0) is 0 Å². The molecule has 1 aliphatic heterocycles. The number of amides is 1. The second-order valence-corrected chi connectivity index (χ2v) is 6.40. The maximum Gasteiger partial charge on any atom is 0.259 e. The maximum absolute atomic E-state index is 12.9. The van der Waals surface area contributed by atoms with Crippen molar-refractivity contribution in [3.63, 3.8) is 0 Å². The molecule has 0 spiro atoms. The molecule has 0 unspecified atom stereocenters. The molecular formula is C20H20N4O. The molecule has 0 bridgehead atoms. The number of nitrogens with zero attached hydrogens (tertiary/aromatic N) is 4. The zero-order valence-corrected chi connectivity index (χ0v) is 14.2. The number of piperidine rings is 1. The average molecular weight is 332 g/mol. The Bertz CT molecular complexity index is 933. The first-order valence-corrected chi connectivity index (χ1v) is 8.55. The van der Waals surface area contributed by atoms with Crippen LogP contribution in [0.3, 0.4) is 0 Å². The van der Waals surface area contributed by atoms with Gasteiger partial charge in [-0.1, -0.05) is 42.0 Å². The quantitative estimate of drug-likeness (QED) is 0.723. The van der Waals surface area contributed by atoms with Gasteiger partial charge in [-0.15, -0.1) is 0 Å². The van der Waals surface area contributed by atoms with Crippen molar-refractivity contribution in [3.8, 4) is 0 Å². The standard InChI is InChI=1S/C20H20N4O/c1-15-7-12-24-19(22-15)18(14-21-24)20(25)23-10-8-17(9-11-23)13-16-5-3-2-4-6-16/h2-7,12-14H,8-11H2,1H3. The van der Waals surface area contributed by atoms with E-state index in [1.807, 2.05) is 42.3 Å². The van der Waals surface area contributed by atoms with Crippen molar-refractivity contribution in [3.05, 3.63) is 71.2 Å². The number of hydrogen-bond donors (Lipinski definition) is 0. The van der Waals surface area contributed by atoms with Crippen LogP contribution in [0.1, 0.15) is 34.5 Å². The van der Waals surface area contributed by atoms with Crippen LogP contribution >= 0.6 is 0 Å². The molecule has 0 N–H and O–H groups in total. The summed E-state index contributed by atoms with van der Waals surface area (Å²) in [5, 5.41) is 4.24. The van der Waals surface area contributed by atoms with Crippen molar-refractivity contribution in [1.29, 1.82) is 0 Å². The molecule has 4 rings (SSSR count). The molecule has 25 heavy (non-hydrogen) atoms.